The summed E-state index contributed by atoms with van der Waals surface area (Å²) < 4.78 is 5.43. The van der Waals surface area contributed by atoms with Crippen LogP contribution in [0.1, 0.15) is 75.1 Å². The van der Waals surface area contributed by atoms with Gasteiger partial charge < -0.3 is 10.1 Å². The minimum Gasteiger partial charge on any atom is -0.496 e. The Morgan fingerprint density at radius 2 is 1.76 bits per heavy atom. The van der Waals surface area contributed by atoms with Crippen LogP contribution in [0.15, 0.2) is 12.1 Å². The number of aryl methyl sites for hydroxylation is 2. The zero-order chi connectivity index (χ0) is 15.7. The molecule has 0 spiro atoms. The van der Waals surface area contributed by atoms with Crippen molar-refractivity contribution in [3.8, 4) is 5.75 Å². The van der Waals surface area contributed by atoms with Crippen molar-refractivity contribution in [1.82, 2.24) is 5.32 Å². The third-order valence-corrected chi connectivity index (χ3v) is 4.15. The van der Waals surface area contributed by atoms with Gasteiger partial charge in [0, 0.05) is 6.04 Å². The van der Waals surface area contributed by atoms with E-state index in [1.807, 2.05) is 0 Å². The first-order valence-corrected chi connectivity index (χ1v) is 8.52. The number of methoxy groups -OCH3 is 1. The fraction of sp³-hybridized carbons (Fsp3) is 0.684. The van der Waals surface area contributed by atoms with Gasteiger partial charge in [0.1, 0.15) is 5.75 Å². The Bertz CT molecular complexity index is 414. The lowest BCUT2D eigenvalue weighted by Gasteiger charge is -2.22. The van der Waals surface area contributed by atoms with Crippen molar-refractivity contribution in [2.45, 2.75) is 72.3 Å². The number of ether oxygens (including phenoxy) is 1. The van der Waals surface area contributed by atoms with Crippen LogP contribution in [-0.2, 0) is 0 Å². The first-order valence-electron chi connectivity index (χ1n) is 8.52. The Morgan fingerprint density at radius 3 is 2.38 bits per heavy atom. The number of hydrogen-bond donors (Lipinski definition) is 1. The molecule has 0 bridgehead atoms. The molecule has 0 aliphatic rings. The predicted octanol–water partition coefficient (Wildman–Crippen LogP) is 5.32. The molecule has 1 atom stereocenters. The highest BCUT2D eigenvalue weighted by atomic mass is 16.5. The van der Waals surface area contributed by atoms with E-state index in [2.05, 4.69) is 45.1 Å². The molecule has 0 saturated carbocycles. The normalized spacial score (nSPS) is 12.4. The maximum Gasteiger partial charge on any atom is 0.122 e. The van der Waals surface area contributed by atoms with Gasteiger partial charge in [-0.1, -0.05) is 45.6 Å². The summed E-state index contributed by atoms with van der Waals surface area (Å²) in [6.45, 7) is 9.92. The minimum absolute atomic E-state index is 0.478. The van der Waals surface area contributed by atoms with Gasteiger partial charge in [-0.3, -0.25) is 0 Å². The smallest absolute Gasteiger partial charge is 0.122 e. The van der Waals surface area contributed by atoms with Crippen molar-refractivity contribution < 1.29 is 4.74 Å². The lowest BCUT2D eigenvalue weighted by molar-refractivity contribution is 0.410. The van der Waals surface area contributed by atoms with E-state index in [-0.39, 0.29) is 0 Å². The Labute approximate surface area is 131 Å². The van der Waals surface area contributed by atoms with Gasteiger partial charge in [0.15, 0.2) is 0 Å². The van der Waals surface area contributed by atoms with Gasteiger partial charge in [-0.15, -0.1) is 0 Å². The Hall–Kier alpha value is -1.02. The van der Waals surface area contributed by atoms with Gasteiger partial charge in [0.25, 0.3) is 0 Å². The summed E-state index contributed by atoms with van der Waals surface area (Å²) in [6.07, 6.45) is 7.70. The van der Waals surface area contributed by atoms with E-state index in [9.17, 15) is 0 Å². The Balaban J connectivity index is 2.83. The summed E-state index contributed by atoms with van der Waals surface area (Å²) in [7, 11) is 1.75. The van der Waals surface area contributed by atoms with Crippen molar-refractivity contribution >= 4 is 0 Å². The number of unbranched alkanes of at least 4 members (excludes halogenated alkanes) is 3. The molecule has 1 aromatic rings. The number of nitrogens with one attached hydrogen (secondary N) is 1. The molecular formula is C19H33NO. The first-order chi connectivity index (χ1) is 10.1. The van der Waals surface area contributed by atoms with Crippen LogP contribution in [0.5, 0.6) is 5.75 Å². The number of rotatable bonds is 10. The van der Waals surface area contributed by atoms with Crippen LogP contribution in [0.25, 0.3) is 0 Å². The van der Waals surface area contributed by atoms with E-state index in [1.165, 1.54) is 55.2 Å². The molecule has 0 saturated heterocycles. The molecule has 120 valence electrons. The Kier molecular flexibility index (Phi) is 8.44. The third kappa shape index (κ3) is 5.70. The average Bonchev–Trinajstić information content (AvgIpc) is 2.48. The predicted molar refractivity (Wildman–Crippen MR) is 92.3 cm³/mol. The highest BCUT2D eigenvalue weighted by Gasteiger charge is 2.15. The molecule has 0 heterocycles. The molecule has 1 N–H and O–H groups in total. The van der Waals surface area contributed by atoms with Gasteiger partial charge >= 0.3 is 0 Å². The van der Waals surface area contributed by atoms with Crippen molar-refractivity contribution in [3.05, 3.63) is 28.8 Å². The molecule has 1 unspecified atom stereocenters. The molecule has 21 heavy (non-hydrogen) atoms. The summed E-state index contributed by atoms with van der Waals surface area (Å²) in [4.78, 5) is 0. The summed E-state index contributed by atoms with van der Waals surface area (Å²) in [5.74, 6) is 0.997. The van der Waals surface area contributed by atoms with Crippen LogP contribution in [0.4, 0.5) is 0 Å². The molecule has 0 aliphatic carbocycles. The standard InChI is InChI=1S/C19H33NO/c1-6-8-9-10-11-18(20-12-7-2)17-13-16(4)19(21-5)14-15(17)3/h13-14,18,20H,6-12H2,1-5H3. The highest BCUT2D eigenvalue weighted by molar-refractivity contribution is 5.42. The maximum atomic E-state index is 5.43. The molecule has 0 radical (unpaired) electrons. The second-order valence-electron chi connectivity index (χ2n) is 6.03. The number of benzene rings is 1. The van der Waals surface area contributed by atoms with Crippen LogP contribution in [0.3, 0.4) is 0 Å². The van der Waals surface area contributed by atoms with Gasteiger partial charge in [-0.05, 0) is 56.0 Å². The van der Waals surface area contributed by atoms with Crippen LogP contribution >= 0.6 is 0 Å². The monoisotopic (exact) mass is 291 g/mol. The molecular weight excluding hydrogens is 258 g/mol. The van der Waals surface area contributed by atoms with Crippen molar-refractivity contribution in [3.63, 3.8) is 0 Å². The van der Waals surface area contributed by atoms with E-state index in [4.69, 9.17) is 4.74 Å². The van der Waals surface area contributed by atoms with E-state index in [0.717, 1.165) is 12.3 Å². The second-order valence-corrected chi connectivity index (χ2v) is 6.03. The lowest BCUT2D eigenvalue weighted by atomic mass is 9.94. The van der Waals surface area contributed by atoms with Gasteiger partial charge in [-0.25, -0.2) is 0 Å². The van der Waals surface area contributed by atoms with Crippen molar-refractivity contribution in [2.75, 3.05) is 13.7 Å². The van der Waals surface area contributed by atoms with E-state index >= 15 is 0 Å². The fourth-order valence-corrected chi connectivity index (χ4v) is 2.87. The SMILES string of the molecule is CCCCCCC(NCCC)c1cc(C)c(OC)cc1C. The molecule has 2 nitrogen and oxygen atoms in total. The zero-order valence-electron chi connectivity index (χ0n) is 14.6. The highest BCUT2D eigenvalue weighted by Crippen LogP contribution is 2.29. The molecule has 0 fully saturated rings. The quantitative estimate of drug-likeness (QED) is 0.589. The zero-order valence-corrected chi connectivity index (χ0v) is 14.6. The summed E-state index contributed by atoms with van der Waals surface area (Å²) >= 11 is 0. The maximum absolute atomic E-state index is 5.43. The largest absolute Gasteiger partial charge is 0.496 e. The van der Waals surface area contributed by atoms with Crippen LogP contribution in [-0.4, -0.2) is 13.7 Å². The molecule has 0 aromatic heterocycles. The first kappa shape index (κ1) is 18.0. The minimum atomic E-state index is 0.478. The molecule has 2 heteroatoms. The second kappa shape index (κ2) is 9.83. The van der Waals surface area contributed by atoms with Crippen LogP contribution in [0.2, 0.25) is 0 Å². The summed E-state index contributed by atoms with van der Waals surface area (Å²) in [5.41, 5.74) is 4.01. The van der Waals surface area contributed by atoms with Crippen LogP contribution < -0.4 is 10.1 Å². The average molecular weight is 291 g/mol. The van der Waals surface area contributed by atoms with Gasteiger partial charge in [-0.2, -0.15) is 0 Å². The summed E-state index contributed by atoms with van der Waals surface area (Å²) in [6, 6.07) is 4.96. The van der Waals surface area contributed by atoms with Gasteiger partial charge in [0.2, 0.25) is 0 Å². The van der Waals surface area contributed by atoms with E-state index in [0.29, 0.717) is 6.04 Å². The van der Waals surface area contributed by atoms with Crippen LogP contribution in [0, 0.1) is 13.8 Å². The number of hydrogen-bond acceptors (Lipinski definition) is 2. The molecule has 0 amide bonds. The fourth-order valence-electron chi connectivity index (χ4n) is 2.87. The van der Waals surface area contributed by atoms with Crippen molar-refractivity contribution in [2.24, 2.45) is 0 Å². The molecule has 1 aromatic carbocycles. The molecule has 1 rings (SSSR count). The lowest BCUT2D eigenvalue weighted by Crippen LogP contribution is -2.23. The summed E-state index contributed by atoms with van der Waals surface area (Å²) in [5, 5.41) is 3.73. The van der Waals surface area contributed by atoms with E-state index in [1.54, 1.807) is 7.11 Å². The van der Waals surface area contributed by atoms with Crippen molar-refractivity contribution in [1.29, 1.82) is 0 Å². The van der Waals surface area contributed by atoms with E-state index < -0.39 is 0 Å². The topological polar surface area (TPSA) is 21.3 Å². The molecule has 0 aliphatic heterocycles. The third-order valence-electron chi connectivity index (χ3n) is 4.15. The van der Waals surface area contributed by atoms with Gasteiger partial charge in [0.05, 0.1) is 7.11 Å². The Morgan fingerprint density at radius 1 is 1.00 bits per heavy atom.